The molecule has 1 N–H and O–H groups in total. The molecule has 0 aromatic carbocycles. The molecule has 0 amide bonds. The highest BCUT2D eigenvalue weighted by molar-refractivity contribution is 7.89. The average molecular weight is 353 g/mol. The Morgan fingerprint density at radius 3 is 2.96 bits per heavy atom. The number of hydrogen-bond acceptors (Lipinski definition) is 7. The van der Waals surface area contributed by atoms with Gasteiger partial charge in [-0.15, -0.1) is 16.4 Å². The van der Waals surface area contributed by atoms with Crippen molar-refractivity contribution in [2.45, 2.75) is 24.8 Å². The van der Waals surface area contributed by atoms with Gasteiger partial charge >= 0.3 is 0 Å². The summed E-state index contributed by atoms with van der Waals surface area (Å²) in [6, 6.07) is 3.31. The maximum absolute atomic E-state index is 12.4. The smallest absolute Gasteiger partial charge is 0.241 e. The number of nitrogens with one attached hydrogen (secondary N) is 1. The van der Waals surface area contributed by atoms with Crippen LogP contribution in [0.15, 0.2) is 40.1 Å². The number of aryl methyl sites for hydroxylation is 2. The fourth-order valence-corrected chi connectivity index (χ4v) is 4.69. The molecule has 0 fully saturated rings. The quantitative estimate of drug-likeness (QED) is 0.648. The molecule has 0 spiro atoms. The standard InChI is InChI=1S/C13H15N5O3S2/c1-10-13(9-12(22-10)11-3-5-15-21-11)23(19,20)16-4-2-7-18-8-6-14-17-18/h3,5-6,8-9,16H,2,4,7H2,1H3. The Balaban J connectivity index is 1.65. The van der Waals surface area contributed by atoms with E-state index in [2.05, 4.69) is 20.2 Å². The van der Waals surface area contributed by atoms with Crippen molar-refractivity contribution >= 4 is 21.4 Å². The Labute approximate surface area is 137 Å². The molecular weight excluding hydrogens is 338 g/mol. The Kier molecular flexibility index (Phi) is 4.55. The van der Waals surface area contributed by atoms with Crippen molar-refractivity contribution in [3.8, 4) is 10.6 Å². The lowest BCUT2D eigenvalue weighted by atomic mass is 10.3. The van der Waals surface area contributed by atoms with E-state index in [4.69, 9.17) is 4.52 Å². The molecule has 23 heavy (non-hydrogen) atoms. The number of thiophene rings is 1. The number of aromatic nitrogens is 4. The van der Waals surface area contributed by atoms with Crippen molar-refractivity contribution < 1.29 is 12.9 Å². The van der Waals surface area contributed by atoms with Crippen molar-refractivity contribution in [3.63, 3.8) is 0 Å². The summed E-state index contributed by atoms with van der Waals surface area (Å²) in [4.78, 5) is 1.72. The summed E-state index contributed by atoms with van der Waals surface area (Å²) in [5.74, 6) is 0.561. The summed E-state index contributed by atoms with van der Waals surface area (Å²) in [5.41, 5.74) is 0. The van der Waals surface area contributed by atoms with E-state index in [1.807, 2.05) is 0 Å². The minimum absolute atomic E-state index is 0.273. The molecule has 0 saturated carbocycles. The van der Waals surface area contributed by atoms with Gasteiger partial charge in [-0.2, -0.15) is 0 Å². The fourth-order valence-electron chi connectivity index (χ4n) is 2.07. The van der Waals surface area contributed by atoms with Crippen LogP contribution in [0.5, 0.6) is 0 Å². The van der Waals surface area contributed by atoms with Crippen LogP contribution in [0.4, 0.5) is 0 Å². The highest BCUT2D eigenvalue weighted by Gasteiger charge is 2.21. The molecule has 0 radical (unpaired) electrons. The van der Waals surface area contributed by atoms with Crippen molar-refractivity contribution in [2.24, 2.45) is 0 Å². The number of nitrogens with zero attached hydrogens (tertiary/aromatic N) is 4. The molecule has 0 saturated heterocycles. The Bertz CT molecular complexity index is 854. The maximum atomic E-state index is 12.4. The molecule has 3 aromatic rings. The van der Waals surface area contributed by atoms with E-state index in [0.717, 1.165) is 4.88 Å². The van der Waals surface area contributed by atoms with Gasteiger partial charge in [0.2, 0.25) is 10.0 Å². The van der Waals surface area contributed by atoms with Gasteiger partial charge in [-0.1, -0.05) is 10.4 Å². The predicted molar refractivity (Wildman–Crippen MR) is 84.4 cm³/mol. The zero-order valence-corrected chi connectivity index (χ0v) is 14.0. The van der Waals surface area contributed by atoms with E-state index < -0.39 is 10.0 Å². The molecule has 8 nitrogen and oxygen atoms in total. The second-order valence-electron chi connectivity index (χ2n) is 4.83. The monoisotopic (exact) mass is 353 g/mol. The van der Waals surface area contributed by atoms with Crippen LogP contribution in [0.1, 0.15) is 11.3 Å². The Morgan fingerprint density at radius 1 is 1.39 bits per heavy atom. The summed E-state index contributed by atoms with van der Waals surface area (Å²) in [7, 11) is -3.55. The van der Waals surface area contributed by atoms with E-state index >= 15 is 0 Å². The zero-order chi connectivity index (χ0) is 16.3. The number of sulfonamides is 1. The summed E-state index contributed by atoms with van der Waals surface area (Å²) >= 11 is 1.36. The molecular formula is C13H15N5O3S2. The van der Waals surface area contributed by atoms with Crippen LogP contribution in [-0.4, -0.2) is 35.1 Å². The molecule has 0 unspecified atom stereocenters. The van der Waals surface area contributed by atoms with Gasteiger partial charge in [-0.05, 0) is 19.4 Å². The molecule has 0 aliphatic heterocycles. The third-order valence-corrected chi connectivity index (χ3v) is 5.95. The minimum atomic E-state index is -3.55. The largest absolute Gasteiger partial charge is 0.355 e. The zero-order valence-electron chi connectivity index (χ0n) is 12.3. The van der Waals surface area contributed by atoms with Crippen molar-refractivity contribution in [1.29, 1.82) is 0 Å². The van der Waals surface area contributed by atoms with Crippen LogP contribution in [0.25, 0.3) is 10.6 Å². The number of hydrogen-bond donors (Lipinski definition) is 1. The van der Waals surface area contributed by atoms with Crippen LogP contribution in [0, 0.1) is 6.92 Å². The first kappa shape index (κ1) is 15.8. The molecule has 0 aliphatic carbocycles. The van der Waals surface area contributed by atoms with Crippen LogP contribution >= 0.6 is 11.3 Å². The molecule has 0 atom stereocenters. The van der Waals surface area contributed by atoms with Gasteiger partial charge in [0.25, 0.3) is 0 Å². The Hall–Kier alpha value is -2.04. The predicted octanol–water partition coefficient (Wildman–Crippen LogP) is 1.67. The van der Waals surface area contributed by atoms with Crippen LogP contribution in [0.3, 0.4) is 0 Å². The second kappa shape index (κ2) is 6.60. The van der Waals surface area contributed by atoms with Gasteiger partial charge in [0.15, 0.2) is 5.76 Å². The first-order valence-corrected chi connectivity index (χ1v) is 9.21. The van der Waals surface area contributed by atoms with E-state index in [-0.39, 0.29) is 4.90 Å². The van der Waals surface area contributed by atoms with Gasteiger partial charge in [-0.25, -0.2) is 13.1 Å². The van der Waals surface area contributed by atoms with Gasteiger partial charge in [0.1, 0.15) is 0 Å². The minimum Gasteiger partial charge on any atom is -0.355 e. The highest BCUT2D eigenvalue weighted by Crippen LogP contribution is 2.33. The normalized spacial score (nSPS) is 11.9. The van der Waals surface area contributed by atoms with Gasteiger partial charge < -0.3 is 4.52 Å². The lowest BCUT2D eigenvalue weighted by Gasteiger charge is -2.06. The van der Waals surface area contributed by atoms with Gasteiger partial charge in [-0.3, -0.25) is 4.68 Å². The van der Waals surface area contributed by atoms with Gasteiger partial charge in [0.05, 0.1) is 22.2 Å². The van der Waals surface area contributed by atoms with Crippen molar-refractivity contribution in [1.82, 2.24) is 24.9 Å². The van der Waals surface area contributed by atoms with Crippen molar-refractivity contribution in [3.05, 3.63) is 35.6 Å². The lowest BCUT2D eigenvalue weighted by molar-refractivity contribution is 0.433. The molecule has 10 heteroatoms. The number of rotatable bonds is 7. The second-order valence-corrected chi connectivity index (χ2v) is 7.82. The topological polar surface area (TPSA) is 103 Å². The van der Waals surface area contributed by atoms with E-state index in [1.54, 1.807) is 36.1 Å². The average Bonchev–Trinajstić information content (AvgIpc) is 3.24. The molecule has 3 heterocycles. The summed E-state index contributed by atoms with van der Waals surface area (Å²) in [6.45, 7) is 2.71. The summed E-state index contributed by atoms with van der Waals surface area (Å²) in [6.07, 6.45) is 5.48. The molecule has 3 aromatic heterocycles. The van der Waals surface area contributed by atoms with Crippen LogP contribution in [-0.2, 0) is 16.6 Å². The van der Waals surface area contributed by atoms with Gasteiger partial charge in [0, 0.05) is 30.2 Å². The Morgan fingerprint density at radius 2 is 2.26 bits per heavy atom. The molecule has 3 rings (SSSR count). The summed E-state index contributed by atoms with van der Waals surface area (Å²) < 4.78 is 34.2. The molecule has 122 valence electrons. The van der Waals surface area contributed by atoms with E-state index in [1.165, 1.54) is 17.5 Å². The fraction of sp³-hybridized carbons (Fsp3) is 0.308. The summed E-state index contributed by atoms with van der Waals surface area (Å²) in [5, 5.41) is 11.2. The maximum Gasteiger partial charge on any atom is 0.241 e. The van der Waals surface area contributed by atoms with Crippen LogP contribution < -0.4 is 4.72 Å². The van der Waals surface area contributed by atoms with Crippen molar-refractivity contribution in [2.75, 3.05) is 6.54 Å². The molecule has 0 aliphatic rings. The highest BCUT2D eigenvalue weighted by atomic mass is 32.2. The lowest BCUT2D eigenvalue weighted by Crippen LogP contribution is -2.25. The SMILES string of the molecule is Cc1sc(-c2ccno2)cc1S(=O)(=O)NCCCn1ccnn1. The molecule has 0 bridgehead atoms. The van der Waals surface area contributed by atoms with Crippen LogP contribution in [0.2, 0.25) is 0 Å². The van der Waals surface area contributed by atoms with E-state index in [9.17, 15) is 8.42 Å². The van der Waals surface area contributed by atoms with E-state index in [0.29, 0.717) is 30.1 Å². The third kappa shape index (κ3) is 3.66. The first-order valence-electron chi connectivity index (χ1n) is 6.91. The first-order chi connectivity index (χ1) is 11.1. The third-order valence-electron chi connectivity index (χ3n) is 3.17.